The molecule has 39 heavy (non-hydrogen) atoms. The van der Waals surface area contributed by atoms with Crippen molar-refractivity contribution in [3.05, 3.63) is 65.9 Å². The van der Waals surface area contributed by atoms with Gasteiger partial charge in [0.25, 0.3) is 5.91 Å². The Kier molecular flexibility index (Phi) is 7.56. The number of aromatic nitrogens is 2. The Morgan fingerprint density at radius 3 is 2.77 bits per heavy atom. The molecule has 3 aromatic rings. The molecule has 2 aliphatic rings. The lowest BCUT2D eigenvalue weighted by Gasteiger charge is -2.27. The number of ether oxygens (including phenoxy) is 2. The van der Waals surface area contributed by atoms with Crippen LogP contribution in [0.2, 0.25) is 0 Å². The first-order valence-electron chi connectivity index (χ1n) is 12.6. The van der Waals surface area contributed by atoms with E-state index in [1.807, 2.05) is 4.72 Å². The molecule has 0 spiro atoms. The van der Waals surface area contributed by atoms with E-state index in [0.717, 1.165) is 4.31 Å². The number of carbonyl (C=O) groups is 1. The minimum absolute atomic E-state index is 0.0178. The maximum Gasteiger partial charge on any atom is 0.303 e. The number of imidazole rings is 1. The van der Waals surface area contributed by atoms with Crippen LogP contribution in [-0.4, -0.2) is 73.6 Å². The molecule has 10 nitrogen and oxygen atoms in total. The second-order valence-electron chi connectivity index (χ2n) is 9.36. The zero-order chi connectivity index (χ0) is 27.7. The van der Waals surface area contributed by atoms with E-state index in [2.05, 4.69) is 4.98 Å². The third-order valence-electron chi connectivity index (χ3n) is 6.78. The van der Waals surface area contributed by atoms with Gasteiger partial charge in [0.15, 0.2) is 0 Å². The Bertz CT molecular complexity index is 1520. The van der Waals surface area contributed by atoms with Crippen LogP contribution in [0.5, 0.6) is 5.75 Å². The van der Waals surface area contributed by atoms with Crippen LogP contribution in [0.3, 0.4) is 0 Å². The van der Waals surface area contributed by atoms with Crippen LogP contribution < -0.4 is 14.4 Å². The monoisotopic (exact) mass is 561 g/mol. The third-order valence-corrected chi connectivity index (χ3v) is 8.30. The number of nitrogens with one attached hydrogen (secondary N) is 1. The molecule has 0 saturated carbocycles. The average molecular weight is 562 g/mol. The largest absolute Gasteiger partial charge is 0.490 e. The molecule has 1 N–H and O–H groups in total. The second-order valence-corrected chi connectivity index (χ2v) is 11.1. The number of carbonyl (C=O) groups excluding carboxylic acids is 1. The number of benzene rings is 1. The predicted molar refractivity (Wildman–Crippen MR) is 141 cm³/mol. The first-order chi connectivity index (χ1) is 18.7. The van der Waals surface area contributed by atoms with Gasteiger partial charge in [0.2, 0.25) is 0 Å². The lowest BCUT2D eigenvalue weighted by Crippen LogP contribution is -2.41. The SMILES string of the molecule is CCN(C)S(=O)(=O)NC(=O)c1cnc2ccc(N3C[C@@H](F)C=C3c3cc(F)ccc3OC3CCOCC3)cn12. The summed E-state index contributed by atoms with van der Waals surface area (Å²) in [4.78, 5) is 18.7. The van der Waals surface area contributed by atoms with Crippen molar-refractivity contribution in [1.29, 1.82) is 0 Å². The summed E-state index contributed by atoms with van der Waals surface area (Å²) in [5.41, 5.74) is 1.69. The summed E-state index contributed by atoms with van der Waals surface area (Å²) in [6.45, 7) is 2.91. The van der Waals surface area contributed by atoms with Crippen molar-refractivity contribution in [2.75, 3.05) is 38.3 Å². The first kappa shape index (κ1) is 27.0. The summed E-state index contributed by atoms with van der Waals surface area (Å²) in [5, 5.41) is 0. The Morgan fingerprint density at radius 1 is 1.26 bits per heavy atom. The van der Waals surface area contributed by atoms with Gasteiger partial charge >= 0.3 is 10.2 Å². The van der Waals surface area contributed by atoms with E-state index in [0.29, 0.717) is 54.4 Å². The van der Waals surface area contributed by atoms with Crippen LogP contribution in [0.1, 0.15) is 35.8 Å². The maximum absolute atomic E-state index is 14.8. The van der Waals surface area contributed by atoms with E-state index in [-0.39, 0.29) is 24.9 Å². The van der Waals surface area contributed by atoms with Gasteiger partial charge in [-0.3, -0.25) is 9.20 Å². The minimum Gasteiger partial charge on any atom is -0.490 e. The molecule has 0 bridgehead atoms. The number of hydrogen-bond donors (Lipinski definition) is 1. The highest BCUT2D eigenvalue weighted by Crippen LogP contribution is 2.38. The fourth-order valence-electron chi connectivity index (χ4n) is 4.56. The van der Waals surface area contributed by atoms with Crippen molar-refractivity contribution in [3.8, 4) is 5.75 Å². The van der Waals surface area contributed by atoms with Gasteiger partial charge in [-0.1, -0.05) is 6.92 Å². The molecule has 2 aromatic heterocycles. The van der Waals surface area contributed by atoms with E-state index in [4.69, 9.17) is 9.47 Å². The highest BCUT2D eigenvalue weighted by Gasteiger charge is 2.30. The van der Waals surface area contributed by atoms with Crippen molar-refractivity contribution < 1.29 is 31.5 Å². The number of pyridine rings is 1. The smallest absolute Gasteiger partial charge is 0.303 e. The molecule has 208 valence electrons. The number of nitrogens with zero attached hydrogens (tertiary/aromatic N) is 4. The topological polar surface area (TPSA) is 105 Å². The van der Waals surface area contributed by atoms with Crippen LogP contribution >= 0.6 is 0 Å². The summed E-state index contributed by atoms with van der Waals surface area (Å²) < 4.78 is 70.0. The number of fused-ring (bicyclic) bond motifs is 1. The van der Waals surface area contributed by atoms with Crippen molar-refractivity contribution in [1.82, 2.24) is 18.4 Å². The van der Waals surface area contributed by atoms with Crippen LogP contribution in [0.15, 0.2) is 48.8 Å². The summed E-state index contributed by atoms with van der Waals surface area (Å²) in [5.74, 6) is -0.921. The molecular formula is C26H29F2N5O5S. The number of amides is 1. The van der Waals surface area contributed by atoms with Gasteiger partial charge in [-0.15, -0.1) is 0 Å². The van der Waals surface area contributed by atoms with Gasteiger partial charge in [0.1, 0.15) is 35.2 Å². The normalized spacial score (nSPS) is 18.5. The summed E-state index contributed by atoms with van der Waals surface area (Å²) in [6, 6.07) is 7.50. The van der Waals surface area contributed by atoms with Gasteiger partial charge < -0.3 is 14.4 Å². The Morgan fingerprint density at radius 2 is 2.03 bits per heavy atom. The fourth-order valence-corrected chi connectivity index (χ4v) is 5.39. The molecule has 1 fully saturated rings. The van der Waals surface area contributed by atoms with Crippen LogP contribution in [0.25, 0.3) is 11.3 Å². The minimum atomic E-state index is -4.04. The summed E-state index contributed by atoms with van der Waals surface area (Å²) in [6.07, 6.45) is 4.18. The lowest BCUT2D eigenvalue weighted by molar-refractivity contribution is 0.0254. The molecule has 1 atom stereocenters. The Balaban J connectivity index is 1.48. The number of alkyl halides is 1. The van der Waals surface area contributed by atoms with Crippen LogP contribution in [0, 0.1) is 5.82 Å². The van der Waals surface area contributed by atoms with Crippen molar-refractivity contribution in [3.63, 3.8) is 0 Å². The fraction of sp³-hybridized carbons (Fsp3) is 0.385. The molecule has 0 unspecified atom stereocenters. The lowest BCUT2D eigenvalue weighted by atomic mass is 10.1. The molecule has 4 heterocycles. The number of rotatable bonds is 8. The highest BCUT2D eigenvalue weighted by molar-refractivity contribution is 7.87. The number of anilines is 1. The molecule has 0 radical (unpaired) electrons. The molecule has 1 amide bonds. The van der Waals surface area contributed by atoms with Crippen LogP contribution in [0.4, 0.5) is 14.5 Å². The van der Waals surface area contributed by atoms with Gasteiger partial charge in [-0.25, -0.2) is 18.5 Å². The highest BCUT2D eigenvalue weighted by atomic mass is 32.2. The van der Waals surface area contributed by atoms with E-state index in [1.54, 1.807) is 36.2 Å². The predicted octanol–water partition coefficient (Wildman–Crippen LogP) is 3.16. The molecule has 2 aliphatic heterocycles. The maximum atomic E-state index is 14.8. The van der Waals surface area contributed by atoms with Crippen molar-refractivity contribution >= 4 is 33.1 Å². The third kappa shape index (κ3) is 5.60. The standard InChI is InChI=1S/C26H29F2N5O5S/c1-3-31(2)39(35,36)30-26(34)23-14-29-25-7-5-19(16-33(23)25)32-15-18(28)13-22(32)21-12-17(27)4-6-24(21)38-20-8-10-37-11-9-20/h4-7,12-14,16,18,20H,3,8-11,15H2,1-2H3,(H,30,34)/t18-/m0/s1. The first-order valence-corrected chi connectivity index (χ1v) is 14.0. The zero-order valence-corrected chi connectivity index (χ0v) is 22.3. The second kappa shape index (κ2) is 10.9. The molecular weight excluding hydrogens is 532 g/mol. The van der Waals surface area contributed by atoms with Gasteiger partial charge in [-0.2, -0.15) is 12.7 Å². The van der Waals surface area contributed by atoms with Gasteiger partial charge in [0.05, 0.1) is 37.3 Å². The number of hydrogen-bond acceptors (Lipinski definition) is 7. The number of halogens is 2. The van der Waals surface area contributed by atoms with Gasteiger partial charge in [-0.05, 0) is 36.4 Å². The van der Waals surface area contributed by atoms with E-state index < -0.39 is 28.1 Å². The van der Waals surface area contributed by atoms with E-state index in [1.165, 1.54) is 35.9 Å². The molecule has 1 aromatic carbocycles. The van der Waals surface area contributed by atoms with Crippen molar-refractivity contribution in [2.45, 2.75) is 32.0 Å². The Labute approximate surface area is 225 Å². The van der Waals surface area contributed by atoms with Crippen molar-refractivity contribution in [2.24, 2.45) is 0 Å². The zero-order valence-electron chi connectivity index (χ0n) is 21.5. The quantitative estimate of drug-likeness (QED) is 0.451. The molecule has 13 heteroatoms. The summed E-state index contributed by atoms with van der Waals surface area (Å²) in [7, 11) is -2.69. The molecule has 5 rings (SSSR count). The van der Waals surface area contributed by atoms with Crippen LogP contribution in [-0.2, 0) is 14.9 Å². The van der Waals surface area contributed by atoms with E-state index >= 15 is 0 Å². The van der Waals surface area contributed by atoms with Gasteiger partial charge in [0, 0.05) is 38.2 Å². The average Bonchev–Trinajstić information content (AvgIpc) is 3.52. The summed E-state index contributed by atoms with van der Waals surface area (Å²) >= 11 is 0. The molecule has 0 aliphatic carbocycles. The van der Waals surface area contributed by atoms with E-state index in [9.17, 15) is 22.0 Å². The molecule has 1 saturated heterocycles. The Hall–Kier alpha value is -3.55.